The molecule has 2 rings (SSSR count). The molecule has 1 aliphatic heterocycles. The van der Waals surface area contributed by atoms with Crippen LogP contribution in [0.4, 0.5) is 32.0 Å². The number of ether oxygens (including phenoxy) is 1. The molecule has 0 bridgehead atoms. The summed E-state index contributed by atoms with van der Waals surface area (Å²) in [6.45, 7) is 1.82. The van der Waals surface area contributed by atoms with Gasteiger partial charge in [-0.25, -0.2) is 4.79 Å². The number of aliphatic carboxylic acids is 1. The maximum absolute atomic E-state index is 12.0. The van der Waals surface area contributed by atoms with Crippen molar-refractivity contribution in [3.05, 3.63) is 24.3 Å². The fraction of sp³-hybridized carbons (Fsp3) is 0.533. The van der Waals surface area contributed by atoms with Crippen molar-refractivity contribution < 1.29 is 41.0 Å². The van der Waals surface area contributed by atoms with Gasteiger partial charge in [-0.3, -0.25) is 0 Å². The van der Waals surface area contributed by atoms with Gasteiger partial charge in [0.1, 0.15) is 5.75 Å². The lowest BCUT2D eigenvalue weighted by molar-refractivity contribution is -0.274. The van der Waals surface area contributed by atoms with Crippen LogP contribution in [0.5, 0.6) is 5.75 Å². The number of alkyl halides is 6. The lowest BCUT2D eigenvalue weighted by Crippen LogP contribution is -2.41. The molecule has 0 saturated carbocycles. The highest BCUT2D eigenvalue weighted by Gasteiger charge is 2.38. The molecule has 0 unspecified atom stereocenters. The highest BCUT2D eigenvalue weighted by Crippen LogP contribution is 2.26. The number of carboxylic acids is 1. The van der Waals surface area contributed by atoms with Crippen molar-refractivity contribution in [1.82, 2.24) is 5.32 Å². The van der Waals surface area contributed by atoms with Gasteiger partial charge in [0.2, 0.25) is 0 Å². The maximum atomic E-state index is 12.0. The zero-order valence-corrected chi connectivity index (χ0v) is 13.7. The fourth-order valence-electron chi connectivity index (χ4n) is 2.28. The Morgan fingerprint density at radius 1 is 1.12 bits per heavy atom. The van der Waals surface area contributed by atoms with Gasteiger partial charge in [0.25, 0.3) is 0 Å². The summed E-state index contributed by atoms with van der Waals surface area (Å²) < 4.78 is 71.7. The Labute approximate surface area is 145 Å². The molecule has 0 atom stereocenters. The van der Waals surface area contributed by atoms with E-state index in [1.807, 2.05) is 7.05 Å². The standard InChI is InChI=1S/C13H17F3N2O.C2HF3O2/c1-17-10-6-8-18(9-7-10)11-2-4-12(5-3-11)19-13(14,15)16;3-2(4,5)1(6)7/h2-5,10,17H,6-9H2,1H3;(H,6,7). The first kappa shape index (κ1) is 21.9. The van der Waals surface area contributed by atoms with Gasteiger partial charge in [0, 0.05) is 24.8 Å². The van der Waals surface area contributed by atoms with Gasteiger partial charge in [0.15, 0.2) is 0 Å². The molecule has 26 heavy (non-hydrogen) atoms. The van der Waals surface area contributed by atoms with Crippen molar-refractivity contribution in [3.8, 4) is 5.75 Å². The molecule has 11 heteroatoms. The van der Waals surface area contributed by atoms with Gasteiger partial charge < -0.3 is 20.1 Å². The van der Waals surface area contributed by atoms with Crippen LogP contribution < -0.4 is 15.0 Å². The summed E-state index contributed by atoms with van der Waals surface area (Å²) in [6, 6.07) is 6.57. The number of anilines is 1. The summed E-state index contributed by atoms with van der Waals surface area (Å²) in [4.78, 5) is 11.1. The SMILES string of the molecule is CNC1CCN(c2ccc(OC(F)(F)F)cc2)CC1.O=C(O)C(F)(F)F. The van der Waals surface area contributed by atoms with Gasteiger partial charge >= 0.3 is 18.5 Å². The van der Waals surface area contributed by atoms with Crippen LogP contribution in [0.1, 0.15) is 12.8 Å². The van der Waals surface area contributed by atoms with Crippen LogP contribution in [0.2, 0.25) is 0 Å². The zero-order chi connectivity index (χ0) is 20.0. The number of hydrogen-bond donors (Lipinski definition) is 2. The van der Waals surface area contributed by atoms with Crippen molar-refractivity contribution in [2.45, 2.75) is 31.4 Å². The van der Waals surface area contributed by atoms with Crippen LogP contribution in [0.3, 0.4) is 0 Å². The van der Waals surface area contributed by atoms with Crippen molar-refractivity contribution in [1.29, 1.82) is 0 Å². The molecule has 0 amide bonds. The number of benzene rings is 1. The van der Waals surface area contributed by atoms with E-state index in [-0.39, 0.29) is 5.75 Å². The Hall–Kier alpha value is -2.17. The first-order chi connectivity index (χ1) is 11.9. The third kappa shape index (κ3) is 7.81. The number of hydrogen-bond acceptors (Lipinski definition) is 4. The maximum Gasteiger partial charge on any atom is 0.573 e. The van der Waals surface area contributed by atoms with E-state index in [1.54, 1.807) is 12.1 Å². The Balaban J connectivity index is 0.000000412. The molecule has 0 aromatic heterocycles. The quantitative estimate of drug-likeness (QED) is 0.778. The summed E-state index contributed by atoms with van der Waals surface area (Å²) in [7, 11) is 1.95. The van der Waals surface area contributed by atoms with E-state index in [0.29, 0.717) is 6.04 Å². The molecule has 1 aliphatic rings. The minimum absolute atomic E-state index is 0.179. The minimum Gasteiger partial charge on any atom is -0.475 e. The van der Waals surface area contributed by atoms with E-state index in [2.05, 4.69) is 15.0 Å². The summed E-state index contributed by atoms with van der Waals surface area (Å²) in [5.41, 5.74) is 0.934. The van der Waals surface area contributed by atoms with Crippen LogP contribution in [0.15, 0.2) is 24.3 Å². The van der Waals surface area contributed by atoms with Gasteiger partial charge in [-0.2, -0.15) is 13.2 Å². The Kier molecular flexibility index (Phi) is 7.54. The molecule has 0 radical (unpaired) electrons. The lowest BCUT2D eigenvalue weighted by Gasteiger charge is -2.33. The molecule has 148 valence electrons. The van der Waals surface area contributed by atoms with Crippen molar-refractivity contribution in [2.24, 2.45) is 0 Å². The Morgan fingerprint density at radius 2 is 1.58 bits per heavy atom. The number of rotatable bonds is 3. The summed E-state index contributed by atoms with van der Waals surface area (Å²) >= 11 is 0. The number of carboxylic acid groups (broad SMARTS) is 1. The van der Waals surface area contributed by atoms with Crippen molar-refractivity contribution in [2.75, 3.05) is 25.0 Å². The molecule has 1 saturated heterocycles. The Morgan fingerprint density at radius 3 is 1.92 bits per heavy atom. The molecular formula is C15H18F6N2O3. The van der Waals surface area contributed by atoms with Crippen molar-refractivity contribution in [3.63, 3.8) is 0 Å². The van der Waals surface area contributed by atoms with Crippen molar-refractivity contribution >= 4 is 11.7 Å². The largest absolute Gasteiger partial charge is 0.573 e. The topological polar surface area (TPSA) is 61.8 Å². The third-order valence-electron chi connectivity index (χ3n) is 3.58. The molecule has 0 aliphatic carbocycles. The predicted octanol–water partition coefficient (Wildman–Crippen LogP) is 3.41. The van der Waals surface area contributed by atoms with E-state index in [9.17, 15) is 26.3 Å². The van der Waals surface area contributed by atoms with E-state index >= 15 is 0 Å². The van der Waals surface area contributed by atoms with E-state index in [0.717, 1.165) is 31.6 Å². The molecule has 1 fully saturated rings. The molecule has 2 N–H and O–H groups in total. The molecule has 0 spiro atoms. The number of carbonyl (C=O) groups is 1. The lowest BCUT2D eigenvalue weighted by atomic mass is 10.0. The predicted molar refractivity (Wildman–Crippen MR) is 81.1 cm³/mol. The van der Waals surface area contributed by atoms with Crippen LogP contribution >= 0.6 is 0 Å². The average molecular weight is 388 g/mol. The van der Waals surface area contributed by atoms with Gasteiger partial charge in [-0.05, 0) is 44.2 Å². The average Bonchev–Trinajstić information content (AvgIpc) is 2.54. The van der Waals surface area contributed by atoms with Crippen LogP contribution in [-0.4, -0.2) is 49.8 Å². The van der Waals surface area contributed by atoms with E-state index < -0.39 is 18.5 Å². The summed E-state index contributed by atoms with van der Waals surface area (Å²) in [6.07, 6.45) is -7.64. The second kappa shape index (κ2) is 8.97. The first-order valence-electron chi connectivity index (χ1n) is 7.50. The molecular weight excluding hydrogens is 370 g/mol. The van der Waals surface area contributed by atoms with Crippen LogP contribution in [0, 0.1) is 0 Å². The summed E-state index contributed by atoms with van der Waals surface area (Å²) in [5, 5.41) is 10.4. The second-order valence-corrected chi connectivity index (χ2v) is 5.39. The normalized spacial score (nSPS) is 15.9. The van der Waals surface area contributed by atoms with Gasteiger partial charge in [-0.15, -0.1) is 13.2 Å². The van der Waals surface area contributed by atoms with E-state index in [1.165, 1.54) is 12.1 Å². The van der Waals surface area contributed by atoms with Gasteiger partial charge in [0.05, 0.1) is 0 Å². The third-order valence-corrected chi connectivity index (χ3v) is 3.58. The molecule has 1 aromatic carbocycles. The summed E-state index contributed by atoms with van der Waals surface area (Å²) in [5.74, 6) is -2.94. The molecule has 5 nitrogen and oxygen atoms in total. The minimum atomic E-state index is -5.08. The number of halogens is 6. The number of piperidine rings is 1. The zero-order valence-electron chi connectivity index (χ0n) is 13.7. The first-order valence-corrected chi connectivity index (χ1v) is 7.50. The second-order valence-electron chi connectivity index (χ2n) is 5.39. The monoisotopic (exact) mass is 388 g/mol. The molecule has 1 aromatic rings. The van der Waals surface area contributed by atoms with Gasteiger partial charge in [-0.1, -0.05) is 0 Å². The number of nitrogens with zero attached hydrogens (tertiary/aromatic N) is 1. The highest BCUT2D eigenvalue weighted by atomic mass is 19.4. The Bertz CT molecular complexity index is 566. The highest BCUT2D eigenvalue weighted by molar-refractivity contribution is 5.73. The fourth-order valence-corrected chi connectivity index (χ4v) is 2.28. The number of nitrogens with one attached hydrogen (secondary N) is 1. The smallest absolute Gasteiger partial charge is 0.475 e. The molecule has 1 heterocycles. The van der Waals surface area contributed by atoms with E-state index in [4.69, 9.17) is 9.90 Å². The van der Waals surface area contributed by atoms with Crippen LogP contribution in [0.25, 0.3) is 0 Å². The van der Waals surface area contributed by atoms with Crippen LogP contribution in [-0.2, 0) is 4.79 Å².